The van der Waals surface area contributed by atoms with Gasteiger partial charge in [-0.05, 0) is 30.5 Å². The van der Waals surface area contributed by atoms with E-state index in [2.05, 4.69) is 11.6 Å². The monoisotopic (exact) mass is 532 g/mol. The van der Waals surface area contributed by atoms with Crippen LogP contribution in [-0.4, -0.2) is 28.2 Å². The summed E-state index contributed by atoms with van der Waals surface area (Å²) in [4.78, 5) is 37.4. The second-order valence-corrected chi connectivity index (χ2v) is 11.4. The summed E-state index contributed by atoms with van der Waals surface area (Å²) in [6, 6.07) is 3.48. The Morgan fingerprint density at radius 1 is 1.27 bits per heavy atom. The number of phosphoric acid groups is 1. The number of carbonyl (C=O) groups excluding carboxylic acids is 1. The summed E-state index contributed by atoms with van der Waals surface area (Å²) in [5.41, 5.74) is 0.752. The van der Waals surface area contributed by atoms with Gasteiger partial charge in [-0.25, -0.2) is 9.36 Å². The van der Waals surface area contributed by atoms with Crippen molar-refractivity contribution < 1.29 is 32.4 Å². The molecule has 37 heavy (non-hydrogen) atoms. The number of aromatic amines is 1. The lowest BCUT2D eigenvalue weighted by molar-refractivity contribution is -0.134. The summed E-state index contributed by atoms with van der Waals surface area (Å²) >= 11 is 0. The van der Waals surface area contributed by atoms with E-state index in [0.29, 0.717) is 28.0 Å². The van der Waals surface area contributed by atoms with Gasteiger partial charge in [0.05, 0.1) is 13.2 Å². The summed E-state index contributed by atoms with van der Waals surface area (Å²) in [5, 5.41) is 0. The maximum absolute atomic E-state index is 13.4. The summed E-state index contributed by atoms with van der Waals surface area (Å²) in [6.07, 6.45) is 3.30. The summed E-state index contributed by atoms with van der Waals surface area (Å²) in [7, 11) is -4.01. The minimum Gasteiger partial charge on any atom is -0.427 e. The Morgan fingerprint density at radius 2 is 2.00 bits per heavy atom. The number of esters is 1. The van der Waals surface area contributed by atoms with Crippen LogP contribution in [0.1, 0.15) is 56.2 Å². The Kier molecular flexibility index (Phi) is 7.18. The third kappa shape index (κ3) is 5.86. The molecule has 3 atom stereocenters. The molecule has 0 spiro atoms. The third-order valence-corrected chi connectivity index (χ3v) is 7.08. The summed E-state index contributed by atoms with van der Waals surface area (Å²) < 4.78 is 42.4. The molecular weight excluding hydrogens is 503 g/mol. The lowest BCUT2D eigenvalue weighted by Crippen LogP contribution is -2.33. The van der Waals surface area contributed by atoms with E-state index in [4.69, 9.17) is 23.0 Å². The van der Waals surface area contributed by atoms with Gasteiger partial charge in [-0.15, -0.1) is 0 Å². The molecule has 4 rings (SSSR count). The van der Waals surface area contributed by atoms with Gasteiger partial charge < -0.3 is 14.0 Å². The zero-order valence-corrected chi connectivity index (χ0v) is 22.1. The van der Waals surface area contributed by atoms with Crippen molar-refractivity contribution in [3.63, 3.8) is 0 Å². The first-order chi connectivity index (χ1) is 17.3. The second kappa shape index (κ2) is 9.90. The first kappa shape index (κ1) is 26.8. The number of nitrogens with zero attached hydrogens (tertiary/aromatic N) is 1. The predicted octanol–water partition coefficient (Wildman–Crippen LogP) is 3.86. The third-order valence-electron chi connectivity index (χ3n) is 5.77. The van der Waals surface area contributed by atoms with Gasteiger partial charge >= 0.3 is 19.5 Å². The van der Waals surface area contributed by atoms with E-state index in [1.807, 2.05) is 20.8 Å². The highest BCUT2D eigenvalue weighted by Crippen LogP contribution is 2.57. The molecule has 1 N–H and O–H groups in total. The predicted molar refractivity (Wildman–Crippen MR) is 134 cm³/mol. The van der Waals surface area contributed by atoms with Crippen LogP contribution in [-0.2, 0) is 39.9 Å². The topological polar surface area (TPSA) is 135 Å². The molecule has 3 heterocycles. The Morgan fingerprint density at radius 3 is 2.68 bits per heavy atom. The molecule has 0 amide bonds. The van der Waals surface area contributed by atoms with E-state index >= 15 is 0 Å². The van der Waals surface area contributed by atoms with Crippen molar-refractivity contribution in [3.8, 4) is 5.75 Å². The van der Waals surface area contributed by atoms with Crippen LogP contribution in [0.15, 0.2) is 46.6 Å². The molecule has 2 aromatic rings. The van der Waals surface area contributed by atoms with Crippen LogP contribution in [0.4, 0.5) is 0 Å². The van der Waals surface area contributed by atoms with Gasteiger partial charge in [-0.2, -0.15) is 0 Å². The first-order valence-electron chi connectivity index (χ1n) is 11.6. The summed E-state index contributed by atoms with van der Waals surface area (Å²) in [6.45, 7) is 12.3. The fourth-order valence-corrected chi connectivity index (χ4v) is 5.13. The van der Waals surface area contributed by atoms with Crippen LogP contribution in [0.5, 0.6) is 5.75 Å². The number of H-pyrrole nitrogens is 1. The molecule has 11 nitrogen and oxygen atoms in total. The van der Waals surface area contributed by atoms with Crippen molar-refractivity contribution >= 4 is 19.6 Å². The van der Waals surface area contributed by atoms with Gasteiger partial charge in [0.2, 0.25) is 0 Å². The van der Waals surface area contributed by atoms with Crippen molar-refractivity contribution in [1.82, 2.24) is 9.55 Å². The number of hydrogen-bond donors (Lipinski definition) is 1. The van der Waals surface area contributed by atoms with Crippen LogP contribution in [0.3, 0.4) is 0 Å². The number of fused-ring (bicyclic) bond motifs is 1. The number of phosphoric ester groups is 1. The lowest BCUT2D eigenvalue weighted by Gasteiger charge is -2.31. The van der Waals surface area contributed by atoms with E-state index in [9.17, 15) is 18.9 Å². The molecule has 12 heteroatoms. The SMILES string of the molecule is C=C(OC(C)=O)c1cc2c(c(C(C)(C)C)c1)O[P@@](=O)(OC[C@@H]1C=C[C@H](n3cc(C)c(=O)[nH]c3=O)O1)OC2. The maximum Gasteiger partial charge on any atom is 0.530 e. The molecule has 2 aliphatic rings. The number of carbonyl (C=O) groups is 1. The number of aryl methyl sites for hydroxylation is 1. The van der Waals surface area contributed by atoms with E-state index < -0.39 is 42.8 Å². The number of rotatable bonds is 6. The number of ether oxygens (including phenoxy) is 2. The number of benzene rings is 1. The quantitative estimate of drug-likeness (QED) is 0.255. The van der Waals surface area contributed by atoms with Gasteiger partial charge in [-0.3, -0.25) is 28.2 Å². The Bertz CT molecular complexity index is 1450. The Labute approximate surface area is 213 Å². The zero-order chi connectivity index (χ0) is 27.1. The number of nitrogens with one attached hydrogen (secondary N) is 1. The molecule has 198 valence electrons. The molecule has 0 radical (unpaired) electrons. The normalized spacial score (nSPS) is 22.8. The zero-order valence-electron chi connectivity index (χ0n) is 21.2. The second-order valence-electron chi connectivity index (χ2n) is 9.82. The lowest BCUT2D eigenvalue weighted by atomic mass is 9.84. The smallest absolute Gasteiger partial charge is 0.427 e. The molecule has 0 bridgehead atoms. The van der Waals surface area contributed by atoms with Crippen LogP contribution >= 0.6 is 7.82 Å². The molecule has 1 aromatic heterocycles. The minimum absolute atomic E-state index is 0.0626. The molecule has 0 unspecified atom stereocenters. The number of aromatic nitrogens is 2. The number of hydrogen-bond acceptors (Lipinski definition) is 9. The highest BCUT2D eigenvalue weighted by Gasteiger charge is 2.39. The van der Waals surface area contributed by atoms with Gasteiger partial charge in [0, 0.05) is 35.4 Å². The van der Waals surface area contributed by atoms with Crippen molar-refractivity contribution in [1.29, 1.82) is 0 Å². The molecule has 0 saturated carbocycles. The highest BCUT2D eigenvalue weighted by atomic mass is 31.2. The van der Waals surface area contributed by atoms with E-state index in [0.717, 1.165) is 0 Å². The average Bonchev–Trinajstić information content (AvgIpc) is 3.27. The van der Waals surface area contributed by atoms with Gasteiger partial charge in [0.15, 0.2) is 6.23 Å². The fourth-order valence-electron chi connectivity index (χ4n) is 3.89. The van der Waals surface area contributed by atoms with Crippen molar-refractivity contribution in [2.24, 2.45) is 0 Å². The van der Waals surface area contributed by atoms with Gasteiger partial charge in [0.1, 0.15) is 17.6 Å². The van der Waals surface area contributed by atoms with Crippen molar-refractivity contribution in [2.45, 2.75) is 59.0 Å². The highest BCUT2D eigenvalue weighted by molar-refractivity contribution is 7.49. The fraction of sp³-hybridized carbons (Fsp3) is 0.400. The molecule has 0 fully saturated rings. The van der Waals surface area contributed by atoms with E-state index in [1.54, 1.807) is 31.2 Å². The van der Waals surface area contributed by atoms with E-state index in [-0.39, 0.29) is 19.0 Å². The Hall–Kier alpha value is -3.24. The molecular formula is C25H29N2O9P. The van der Waals surface area contributed by atoms with E-state index in [1.165, 1.54) is 17.7 Å². The maximum atomic E-state index is 13.4. The van der Waals surface area contributed by atoms with Crippen LogP contribution in [0.2, 0.25) is 0 Å². The molecule has 1 aromatic carbocycles. The summed E-state index contributed by atoms with van der Waals surface area (Å²) in [5.74, 6) is 0.0659. The van der Waals surface area contributed by atoms with Crippen molar-refractivity contribution in [3.05, 3.63) is 80.2 Å². The van der Waals surface area contributed by atoms with Crippen LogP contribution < -0.4 is 15.8 Å². The first-order valence-corrected chi connectivity index (χ1v) is 13.0. The van der Waals surface area contributed by atoms with Crippen molar-refractivity contribution in [2.75, 3.05) is 6.61 Å². The van der Waals surface area contributed by atoms with Crippen LogP contribution in [0.25, 0.3) is 5.76 Å². The minimum atomic E-state index is -4.01. The van der Waals surface area contributed by atoms with Gasteiger partial charge in [0.25, 0.3) is 5.56 Å². The standard InChI is InChI=1S/C25H29N2O9P/c1-14-11-27(24(30)26-23(14)29)21-8-7-19(35-21)13-33-37(31)32-12-18-9-17(15(2)34-16(3)28)10-20(22(18)36-37)25(4,5)6/h7-11,19,21H,2,12-13H2,1,3-6H3,(H,26,29,30)/t19-,21+,37+/m0/s1. The Balaban J connectivity index is 1.49. The molecule has 2 aliphatic heterocycles. The van der Waals surface area contributed by atoms with Gasteiger partial charge in [-0.1, -0.05) is 33.4 Å². The van der Waals surface area contributed by atoms with Crippen LogP contribution in [0, 0.1) is 6.92 Å². The average molecular weight is 532 g/mol. The molecule has 0 aliphatic carbocycles. The largest absolute Gasteiger partial charge is 0.530 e. The molecule has 0 saturated heterocycles.